The van der Waals surface area contributed by atoms with Gasteiger partial charge in [-0.2, -0.15) is 0 Å². The third-order valence-electron chi connectivity index (χ3n) is 6.74. The summed E-state index contributed by atoms with van der Waals surface area (Å²) in [5, 5.41) is 16.1. The number of hydrogen-bond donors (Lipinski definition) is 3. The Morgan fingerprint density at radius 1 is 0.952 bits per heavy atom. The van der Waals surface area contributed by atoms with E-state index in [9.17, 15) is 19.5 Å². The summed E-state index contributed by atoms with van der Waals surface area (Å²) in [5.41, 5.74) is 1.43. The standard InChI is InChI=1S/C31H32ClN5O4.ClH/c1-3-36(4-2)17-7-19-37-18-6-9-24(31(37)41)21-11-13-22(14-12-21)29(39)35-28-25(8-5-10-26(28)38)30(40)34-27-16-15-23(32)20-33-27;/h5-6,8-16,18,20,38H,3-4,7,17,19H2,1-2H3,(H,35,39)(H,33,34,40);1H. The van der Waals surface area contributed by atoms with Gasteiger partial charge in [0.25, 0.3) is 17.4 Å². The Bertz CT molecular complexity index is 1570. The van der Waals surface area contributed by atoms with Crippen molar-refractivity contribution >= 4 is 47.3 Å². The Labute approximate surface area is 255 Å². The van der Waals surface area contributed by atoms with Gasteiger partial charge < -0.3 is 25.2 Å². The second-order valence-electron chi connectivity index (χ2n) is 9.35. The van der Waals surface area contributed by atoms with Crippen molar-refractivity contribution in [2.75, 3.05) is 30.3 Å². The Hall–Kier alpha value is -4.18. The first kappa shape index (κ1) is 32.3. The first-order valence-electron chi connectivity index (χ1n) is 13.4. The molecule has 0 saturated carbocycles. The summed E-state index contributed by atoms with van der Waals surface area (Å²) in [7, 11) is 0. The van der Waals surface area contributed by atoms with Crippen LogP contribution in [0.3, 0.4) is 0 Å². The van der Waals surface area contributed by atoms with Crippen LogP contribution in [0.15, 0.2) is 83.9 Å². The smallest absolute Gasteiger partial charge is 0.259 e. The Kier molecular flexibility index (Phi) is 11.7. The topological polar surface area (TPSA) is 117 Å². The van der Waals surface area contributed by atoms with Crippen LogP contribution >= 0.6 is 24.0 Å². The zero-order chi connectivity index (χ0) is 29.4. The van der Waals surface area contributed by atoms with Crippen molar-refractivity contribution in [2.45, 2.75) is 26.8 Å². The molecule has 0 radical (unpaired) electrons. The van der Waals surface area contributed by atoms with Gasteiger partial charge in [0.15, 0.2) is 0 Å². The maximum atomic E-state index is 13.1. The number of pyridine rings is 2. The van der Waals surface area contributed by atoms with E-state index in [2.05, 4.69) is 34.4 Å². The van der Waals surface area contributed by atoms with Gasteiger partial charge in [-0.3, -0.25) is 14.4 Å². The maximum Gasteiger partial charge on any atom is 0.259 e. The average Bonchev–Trinajstić information content (AvgIpc) is 2.98. The fourth-order valence-electron chi connectivity index (χ4n) is 4.42. The van der Waals surface area contributed by atoms with Crippen molar-refractivity contribution in [2.24, 2.45) is 0 Å². The van der Waals surface area contributed by atoms with E-state index in [4.69, 9.17) is 11.6 Å². The van der Waals surface area contributed by atoms with Crippen LogP contribution in [0.5, 0.6) is 5.75 Å². The number of aromatic nitrogens is 2. The van der Waals surface area contributed by atoms with Crippen LogP contribution < -0.4 is 16.2 Å². The second-order valence-corrected chi connectivity index (χ2v) is 9.78. The van der Waals surface area contributed by atoms with Gasteiger partial charge in [-0.25, -0.2) is 4.98 Å². The summed E-state index contributed by atoms with van der Waals surface area (Å²) >= 11 is 5.85. The molecule has 0 atom stereocenters. The molecule has 0 spiro atoms. The minimum Gasteiger partial charge on any atom is -0.506 e. The third-order valence-corrected chi connectivity index (χ3v) is 6.96. The lowest BCUT2D eigenvalue weighted by molar-refractivity contribution is 0.102. The number of hydrogen-bond acceptors (Lipinski definition) is 6. The molecule has 2 amide bonds. The largest absolute Gasteiger partial charge is 0.506 e. The first-order valence-corrected chi connectivity index (χ1v) is 13.8. The molecule has 0 bridgehead atoms. The Morgan fingerprint density at radius 2 is 1.69 bits per heavy atom. The number of para-hydroxylation sites is 1. The molecule has 0 saturated heterocycles. The van der Waals surface area contributed by atoms with Gasteiger partial charge >= 0.3 is 0 Å². The van der Waals surface area contributed by atoms with Crippen LogP contribution in [0, 0.1) is 0 Å². The van der Waals surface area contributed by atoms with Gasteiger partial charge in [-0.05, 0) is 80.1 Å². The number of phenols is 1. The molecule has 0 aliphatic rings. The molecular weight excluding hydrogens is 577 g/mol. The van der Waals surface area contributed by atoms with Gasteiger partial charge in [0.1, 0.15) is 11.6 Å². The van der Waals surface area contributed by atoms with Gasteiger partial charge in [-0.15, -0.1) is 12.4 Å². The Balaban J connectivity index is 0.00000484. The number of benzene rings is 2. The van der Waals surface area contributed by atoms with E-state index in [0.29, 0.717) is 28.3 Å². The number of nitrogens with zero attached hydrogens (tertiary/aromatic N) is 3. The molecule has 9 nitrogen and oxygen atoms in total. The molecule has 0 aliphatic heterocycles. The molecule has 42 heavy (non-hydrogen) atoms. The third kappa shape index (κ3) is 7.97. The highest BCUT2D eigenvalue weighted by molar-refractivity contribution is 6.30. The highest BCUT2D eigenvalue weighted by Crippen LogP contribution is 2.29. The fourth-order valence-corrected chi connectivity index (χ4v) is 4.53. The van der Waals surface area contributed by atoms with Crippen LogP contribution in [0.4, 0.5) is 11.5 Å². The molecular formula is C31H33Cl2N5O4. The van der Waals surface area contributed by atoms with E-state index in [1.54, 1.807) is 47.2 Å². The number of nitrogens with one attached hydrogen (secondary N) is 2. The summed E-state index contributed by atoms with van der Waals surface area (Å²) < 4.78 is 1.71. The molecule has 2 aromatic heterocycles. The molecule has 220 valence electrons. The lowest BCUT2D eigenvalue weighted by Gasteiger charge is -2.18. The molecule has 4 aromatic rings. The summed E-state index contributed by atoms with van der Waals surface area (Å²) in [6.07, 6.45) is 4.05. The maximum absolute atomic E-state index is 13.1. The normalized spacial score (nSPS) is 10.7. The van der Waals surface area contributed by atoms with Gasteiger partial charge in [0.05, 0.1) is 16.3 Å². The molecule has 3 N–H and O–H groups in total. The second kappa shape index (κ2) is 15.2. The predicted molar refractivity (Wildman–Crippen MR) is 169 cm³/mol. The minimum absolute atomic E-state index is 0. The van der Waals surface area contributed by atoms with Crippen molar-refractivity contribution in [3.8, 4) is 16.9 Å². The van der Waals surface area contributed by atoms with Gasteiger partial charge in [0.2, 0.25) is 0 Å². The van der Waals surface area contributed by atoms with E-state index in [0.717, 1.165) is 26.1 Å². The molecule has 2 heterocycles. The summed E-state index contributed by atoms with van der Waals surface area (Å²) in [5.74, 6) is -1.10. The number of rotatable bonds is 11. The highest BCUT2D eigenvalue weighted by atomic mass is 35.5. The van der Waals surface area contributed by atoms with E-state index in [-0.39, 0.29) is 40.8 Å². The lowest BCUT2D eigenvalue weighted by Crippen LogP contribution is -2.27. The highest BCUT2D eigenvalue weighted by Gasteiger charge is 2.19. The SMILES string of the molecule is CCN(CC)CCCn1cccc(-c2ccc(C(=O)Nc3c(O)cccc3C(=O)Nc3ccc(Cl)cn3)cc2)c1=O.Cl. The van der Waals surface area contributed by atoms with Gasteiger partial charge in [-0.1, -0.05) is 43.6 Å². The molecule has 0 unspecified atom stereocenters. The first-order chi connectivity index (χ1) is 19.8. The zero-order valence-corrected chi connectivity index (χ0v) is 24.9. The minimum atomic E-state index is -0.571. The number of aryl methyl sites for hydroxylation is 1. The van der Waals surface area contributed by atoms with Crippen LogP contribution in [0.2, 0.25) is 5.02 Å². The monoisotopic (exact) mass is 609 g/mol. The van der Waals surface area contributed by atoms with Crippen LogP contribution in [0.25, 0.3) is 11.1 Å². The number of halogens is 2. The van der Waals surface area contributed by atoms with Crippen molar-refractivity contribution in [1.82, 2.24) is 14.5 Å². The lowest BCUT2D eigenvalue weighted by atomic mass is 10.0. The fraction of sp³-hybridized carbons (Fsp3) is 0.226. The number of amides is 2. The zero-order valence-electron chi connectivity index (χ0n) is 23.3. The number of aromatic hydroxyl groups is 1. The van der Waals surface area contributed by atoms with Crippen LogP contribution in [0.1, 0.15) is 41.0 Å². The van der Waals surface area contributed by atoms with E-state index in [1.165, 1.54) is 30.5 Å². The van der Waals surface area contributed by atoms with Crippen molar-refractivity contribution in [1.29, 1.82) is 0 Å². The molecule has 11 heteroatoms. The van der Waals surface area contributed by atoms with Crippen molar-refractivity contribution in [3.05, 3.63) is 106 Å². The van der Waals surface area contributed by atoms with E-state index in [1.807, 2.05) is 6.07 Å². The summed E-state index contributed by atoms with van der Waals surface area (Å²) in [6.45, 7) is 7.74. The number of carbonyl (C=O) groups is 2. The van der Waals surface area contributed by atoms with Crippen molar-refractivity contribution in [3.63, 3.8) is 0 Å². The number of phenolic OH excluding ortho intramolecular Hbond substituents is 1. The Morgan fingerprint density at radius 3 is 2.36 bits per heavy atom. The average molecular weight is 611 g/mol. The number of carbonyl (C=O) groups excluding carboxylic acids is 2. The van der Waals surface area contributed by atoms with Gasteiger partial charge in [0, 0.05) is 30.1 Å². The summed E-state index contributed by atoms with van der Waals surface area (Å²) in [6, 6.07) is 17.7. The van der Waals surface area contributed by atoms with Crippen LogP contribution in [-0.4, -0.2) is 51.0 Å². The predicted octanol–water partition coefficient (Wildman–Crippen LogP) is 5.93. The van der Waals surface area contributed by atoms with E-state index < -0.39 is 11.8 Å². The number of anilines is 2. The summed E-state index contributed by atoms with van der Waals surface area (Å²) in [4.78, 5) is 45.5. The van der Waals surface area contributed by atoms with Crippen molar-refractivity contribution < 1.29 is 14.7 Å². The quantitative estimate of drug-likeness (QED) is 0.182. The molecule has 0 aliphatic carbocycles. The molecule has 4 rings (SSSR count). The molecule has 2 aromatic carbocycles. The molecule has 0 fully saturated rings. The van der Waals surface area contributed by atoms with Crippen LogP contribution in [-0.2, 0) is 6.54 Å². The van der Waals surface area contributed by atoms with E-state index >= 15 is 0 Å².